The summed E-state index contributed by atoms with van der Waals surface area (Å²) >= 11 is 0. The molecule has 0 saturated carbocycles. The molecule has 2 rings (SSSR count). The number of carboxylic acids is 1. The Bertz CT molecular complexity index is 659. The highest BCUT2D eigenvalue weighted by molar-refractivity contribution is 5.80. The van der Waals surface area contributed by atoms with E-state index in [1.807, 2.05) is 6.92 Å². The number of carboxylic acid groups (broad SMARTS) is 1. The Morgan fingerprint density at radius 1 is 1.27 bits per heavy atom. The Morgan fingerprint density at radius 3 is 2.35 bits per heavy atom. The fraction of sp³-hybridized carbons (Fsp3) is 0.556. The van der Waals surface area contributed by atoms with Crippen LogP contribution in [0.2, 0.25) is 0 Å². The van der Waals surface area contributed by atoms with Crippen LogP contribution in [-0.2, 0) is 22.2 Å². The molecule has 26 heavy (non-hydrogen) atoms. The summed E-state index contributed by atoms with van der Waals surface area (Å²) in [5.41, 5.74) is -1.60. The number of aliphatic hydroxyl groups excluding tert-OH is 1. The molecule has 8 heteroatoms. The van der Waals surface area contributed by atoms with E-state index in [4.69, 9.17) is 0 Å². The number of benzene rings is 1. The van der Waals surface area contributed by atoms with Crippen LogP contribution in [-0.4, -0.2) is 46.2 Å². The highest BCUT2D eigenvalue weighted by Gasteiger charge is 2.48. The van der Waals surface area contributed by atoms with Crippen molar-refractivity contribution in [2.75, 3.05) is 13.1 Å². The summed E-state index contributed by atoms with van der Waals surface area (Å²) in [5.74, 6) is -1.42. The van der Waals surface area contributed by atoms with E-state index in [-0.39, 0.29) is 31.8 Å². The maximum Gasteiger partial charge on any atom is 0.416 e. The predicted molar refractivity (Wildman–Crippen MR) is 87.3 cm³/mol. The number of piperidine rings is 1. The molecule has 1 aromatic rings. The lowest BCUT2D eigenvalue weighted by Gasteiger charge is -2.42. The average molecular weight is 373 g/mol. The summed E-state index contributed by atoms with van der Waals surface area (Å²) in [4.78, 5) is 25.4. The zero-order chi connectivity index (χ0) is 19.5. The normalized spacial score (nSPS) is 23.7. The third-order valence-electron chi connectivity index (χ3n) is 4.97. The number of alkyl halides is 3. The van der Waals surface area contributed by atoms with Crippen molar-refractivity contribution >= 4 is 11.9 Å². The lowest BCUT2D eigenvalue weighted by molar-refractivity contribution is -0.167. The van der Waals surface area contributed by atoms with Crippen molar-refractivity contribution in [1.29, 1.82) is 0 Å². The Balaban J connectivity index is 2.02. The fourth-order valence-corrected chi connectivity index (χ4v) is 3.39. The highest BCUT2D eigenvalue weighted by Crippen LogP contribution is 2.37. The fourth-order valence-electron chi connectivity index (χ4n) is 3.39. The van der Waals surface area contributed by atoms with Crippen molar-refractivity contribution in [2.24, 2.45) is 5.41 Å². The molecule has 0 unspecified atom stereocenters. The van der Waals surface area contributed by atoms with E-state index in [1.54, 1.807) is 0 Å². The molecular weight excluding hydrogens is 351 g/mol. The van der Waals surface area contributed by atoms with Gasteiger partial charge in [-0.1, -0.05) is 25.5 Å². The number of aliphatic carboxylic acids is 1. The Morgan fingerprint density at radius 2 is 1.88 bits per heavy atom. The number of rotatable bonds is 5. The minimum Gasteiger partial charge on any atom is -0.481 e. The predicted octanol–water partition coefficient (Wildman–Crippen LogP) is 2.71. The Labute approximate surface area is 149 Å². The van der Waals surface area contributed by atoms with Gasteiger partial charge in [-0.15, -0.1) is 0 Å². The van der Waals surface area contributed by atoms with Gasteiger partial charge in [0.25, 0.3) is 0 Å². The molecule has 1 aromatic carbocycles. The van der Waals surface area contributed by atoms with Gasteiger partial charge in [0, 0.05) is 13.1 Å². The molecule has 0 spiro atoms. The molecule has 1 amide bonds. The second kappa shape index (κ2) is 7.65. The van der Waals surface area contributed by atoms with Gasteiger partial charge in [0.05, 0.1) is 23.5 Å². The van der Waals surface area contributed by atoms with Crippen LogP contribution in [0.1, 0.15) is 37.3 Å². The van der Waals surface area contributed by atoms with E-state index in [9.17, 15) is 33.0 Å². The molecule has 144 valence electrons. The van der Waals surface area contributed by atoms with E-state index in [0.717, 1.165) is 12.1 Å². The molecule has 1 aliphatic rings. The number of hydrogen-bond acceptors (Lipinski definition) is 3. The Hall–Kier alpha value is -2.09. The van der Waals surface area contributed by atoms with Crippen molar-refractivity contribution in [3.05, 3.63) is 35.4 Å². The van der Waals surface area contributed by atoms with Crippen molar-refractivity contribution < 1.29 is 33.0 Å². The van der Waals surface area contributed by atoms with Gasteiger partial charge in [-0.05, 0) is 30.5 Å². The molecule has 0 bridgehead atoms. The Kier molecular flexibility index (Phi) is 5.95. The number of amides is 1. The van der Waals surface area contributed by atoms with E-state index in [2.05, 4.69) is 0 Å². The van der Waals surface area contributed by atoms with E-state index in [0.29, 0.717) is 18.4 Å². The molecular formula is C18H22F3NO4. The first-order valence-electron chi connectivity index (χ1n) is 8.45. The average Bonchev–Trinajstić information content (AvgIpc) is 2.56. The standard InChI is InChI=1S/C18H22F3NO4/c1-2-7-17(16(25)26)8-9-22(11-14(17)23)15(24)10-12-3-5-13(6-4-12)18(19,20)21/h3-6,14,23H,2,7-11H2,1H3,(H,25,26)/t14-,17-/m0/s1. The monoisotopic (exact) mass is 373 g/mol. The van der Waals surface area contributed by atoms with Gasteiger partial charge in [0.2, 0.25) is 5.91 Å². The molecule has 2 atom stereocenters. The number of carbonyl (C=O) groups is 2. The molecule has 1 saturated heterocycles. The number of halogens is 3. The second-order valence-electron chi connectivity index (χ2n) is 6.69. The zero-order valence-electron chi connectivity index (χ0n) is 14.4. The number of likely N-dealkylation sites (tertiary alicyclic amines) is 1. The van der Waals surface area contributed by atoms with Crippen molar-refractivity contribution in [3.8, 4) is 0 Å². The molecule has 1 heterocycles. The van der Waals surface area contributed by atoms with Crippen LogP contribution in [0.15, 0.2) is 24.3 Å². The topological polar surface area (TPSA) is 77.8 Å². The first-order valence-corrected chi connectivity index (χ1v) is 8.45. The third kappa shape index (κ3) is 4.17. The molecule has 0 aromatic heterocycles. The van der Waals surface area contributed by atoms with E-state index >= 15 is 0 Å². The van der Waals surface area contributed by atoms with Crippen LogP contribution in [0, 0.1) is 5.41 Å². The van der Waals surface area contributed by atoms with Gasteiger partial charge in [0.15, 0.2) is 0 Å². The maximum absolute atomic E-state index is 12.6. The highest BCUT2D eigenvalue weighted by atomic mass is 19.4. The second-order valence-corrected chi connectivity index (χ2v) is 6.69. The molecule has 0 aliphatic carbocycles. The number of aliphatic hydroxyl groups is 1. The summed E-state index contributed by atoms with van der Waals surface area (Å²) < 4.78 is 37.7. The third-order valence-corrected chi connectivity index (χ3v) is 4.97. The summed E-state index contributed by atoms with van der Waals surface area (Å²) in [6.07, 6.45) is -4.63. The minimum absolute atomic E-state index is 0.0915. The van der Waals surface area contributed by atoms with Crippen LogP contribution < -0.4 is 0 Å². The van der Waals surface area contributed by atoms with Crippen molar-refractivity contribution in [2.45, 2.75) is 44.9 Å². The quantitative estimate of drug-likeness (QED) is 0.832. The number of hydrogen-bond donors (Lipinski definition) is 2. The van der Waals surface area contributed by atoms with E-state index in [1.165, 1.54) is 17.0 Å². The van der Waals surface area contributed by atoms with Gasteiger partial charge in [-0.3, -0.25) is 9.59 Å². The number of nitrogens with zero attached hydrogens (tertiary/aromatic N) is 1. The lowest BCUT2D eigenvalue weighted by Crippen LogP contribution is -2.56. The largest absolute Gasteiger partial charge is 0.481 e. The van der Waals surface area contributed by atoms with Crippen LogP contribution in [0.5, 0.6) is 0 Å². The van der Waals surface area contributed by atoms with Gasteiger partial charge in [0.1, 0.15) is 0 Å². The molecule has 1 aliphatic heterocycles. The number of carbonyl (C=O) groups excluding carboxylic acids is 1. The first kappa shape index (κ1) is 20.2. The van der Waals surface area contributed by atoms with Gasteiger partial charge < -0.3 is 15.1 Å². The molecule has 2 N–H and O–H groups in total. The minimum atomic E-state index is -4.43. The zero-order valence-corrected chi connectivity index (χ0v) is 14.4. The number of β-amino-alcohol motifs (C(OH)–C–C–N with tert-alkyl or cyclic N) is 1. The summed E-state index contributed by atoms with van der Waals surface area (Å²) in [5, 5.41) is 19.8. The van der Waals surface area contributed by atoms with Crippen LogP contribution in [0.3, 0.4) is 0 Å². The first-order chi connectivity index (χ1) is 12.1. The SMILES string of the molecule is CCC[C@]1(C(=O)O)CCN(C(=O)Cc2ccc(C(F)(F)F)cc2)C[C@@H]1O. The summed E-state index contributed by atoms with van der Waals surface area (Å²) in [6.45, 7) is 1.94. The molecule has 5 nitrogen and oxygen atoms in total. The van der Waals surface area contributed by atoms with Crippen LogP contribution in [0.25, 0.3) is 0 Å². The van der Waals surface area contributed by atoms with Crippen LogP contribution >= 0.6 is 0 Å². The van der Waals surface area contributed by atoms with E-state index < -0.39 is 29.2 Å². The summed E-state index contributed by atoms with van der Waals surface area (Å²) in [6, 6.07) is 4.34. The molecule has 0 radical (unpaired) electrons. The van der Waals surface area contributed by atoms with Gasteiger partial charge >= 0.3 is 12.1 Å². The van der Waals surface area contributed by atoms with Crippen LogP contribution in [0.4, 0.5) is 13.2 Å². The maximum atomic E-state index is 12.6. The lowest BCUT2D eigenvalue weighted by atomic mass is 9.72. The van der Waals surface area contributed by atoms with Gasteiger partial charge in [-0.25, -0.2) is 0 Å². The smallest absolute Gasteiger partial charge is 0.416 e. The van der Waals surface area contributed by atoms with Crippen molar-refractivity contribution in [1.82, 2.24) is 4.90 Å². The molecule has 1 fully saturated rings. The van der Waals surface area contributed by atoms with Crippen molar-refractivity contribution in [3.63, 3.8) is 0 Å². The summed E-state index contributed by atoms with van der Waals surface area (Å²) in [7, 11) is 0. The van der Waals surface area contributed by atoms with Gasteiger partial charge in [-0.2, -0.15) is 13.2 Å².